The molecular formula is C8H25N. The lowest BCUT2D eigenvalue weighted by atomic mass is 10.1. The van der Waals surface area contributed by atoms with Crippen LogP contribution in [0.3, 0.4) is 0 Å². The maximum Gasteiger partial charge on any atom is -0.00516 e. The summed E-state index contributed by atoms with van der Waals surface area (Å²) in [6.45, 7) is 5.13. The Labute approximate surface area is 61.7 Å². The summed E-state index contributed by atoms with van der Waals surface area (Å²) >= 11 is 0. The lowest BCUT2D eigenvalue weighted by Crippen LogP contribution is -2.08. The molecule has 1 atom stereocenters. The number of nitrogens with two attached hydrogens (primary N) is 1. The van der Waals surface area contributed by atoms with Gasteiger partial charge in [0.1, 0.15) is 0 Å². The van der Waals surface area contributed by atoms with E-state index >= 15 is 0 Å². The van der Waals surface area contributed by atoms with Gasteiger partial charge in [-0.2, -0.15) is 0 Å². The Balaban J connectivity index is -0.0000000417. The van der Waals surface area contributed by atoms with Crippen molar-refractivity contribution in [1.82, 2.24) is 0 Å². The summed E-state index contributed by atoms with van der Waals surface area (Å²) in [7, 11) is 0. The molecule has 0 aliphatic rings. The normalized spacial score (nSPS) is 9.67. The summed E-state index contributed by atoms with van der Waals surface area (Å²) in [6, 6.07) is 0. The lowest BCUT2D eigenvalue weighted by molar-refractivity contribution is 0.576. The molecule has 2 N–H and O–H groups in total. The van der Waals surface area contributed by atoms with Crippen molar-refractivity contribution in [2.75, 3.05) is 6.54 Å². The highest BCUT2D eigenvalue weighted by Crippen LogP contribution is 1.93. The van der Waals surface area contributed by atoms with Crippen molar-refractivity contribution < 1.29 is 0 Å². The van der Waals surface area contributed by atoms with E-state index in [1.807, 2.05) is 0 Å². The summed E-state index contributed by atoms with van der Waals surface area (Å²) in [5.41, 5.74) is 5.28. The van der Waals surface area contributed by atoms with Gasteiger partial charge in [-0.15, -0.1) is 0 Å². The van der Waals surface area contributed by atoms with Gasteiger partial charge in [-0.3, -0.25) is 0 Å². The van der Waals surface area contributed by atoms with E-state index in [0.717, 1.165) is 6.54 Å². The maximum atomic E-state index is 5.28. The average molecular weight is 135 g/mol. The van der Waals surface area contributed by atoms with Crippen molar-refractivity contribution in [3.05, 3.63) is 0 Å². The number of rotatable bonds is 2. The highest BCUT2D eigenvalue weighted by Gasteiger charge is 1.88. The monoisotopic (exact) mass is 135 g/mol. The summed E-state index contributed by atoms with van der Waals surface area (Å²) in [4.78, 5) is 0. The Morgan fingerprint density at radius 3 is 1.56 bits per heavy atom. The molecule has 1 unspecified atom stereocenters. The maximum absolute atomic E-state index is 5.28. The minimum absolute atomic E-state index is 0. The summed E-state index contributed by atoms with van der Waals surface area (Å²) in [5.74, 6) is 0.713. The van der Waals surface area contributed by atoms with E-state index in [2.05, 4.69) is 13.8 Å². The molecule has 0 radical (unpaired) electrons. The minimum atomic E-state index is 0. The Kier molecular flexibility index (Phi) is 40.2. The third-order valence-electron chi connectivity index (χ3n) is 1.10. The van der Waals surface area contributed by atoms with Gasteiger partial charge in [-0.1, -0.05) is 42.5 Å². The van der Waals surface area contributed by atoms with Crippen LogP contribution in [0.5, 0.6) is 0 Å². The van der Waals surface area contributed by atoms with Gasteiger partial charge in [0.25, 0.3) is 0 Å². The zero-order valence-corrected chi connectivity index (χ0v) is 4.57. The molecule has 0 aliphatic heterocycles. The van der Waals surface area contributed by atoms with Crippen molar-refractivity contribution >= 4 is 0 Å². The molecule has 0 aromatic heterocycles. The highest BCUT2D eigenvalue weighted by atomic mass is 14.5. The van der Waals surface area contributed by atoms with E-state index in [4.69, 9.17) is 5.73 Å². The first-order chi connectivity index (χ1) is 2.81. The van der Waals surface area contributed by atoms with Crippen LogP contribution in [0.15, 0.2) is 0 Å². The summed E-state index contributed by atoms with van der Waals surface area (Å²) < 4.78 is 0. The van der Waals surface area contributed by atoms with Crippen LogP contribution in [0.25, 0.3) is 0 Å². The van der Waals surface area contributed by atoms with Crippen molar-refractivity contribution in [3.8, 4) is 0 Å². The molecule has 9 heavy (non-hydrogen) atoms. The number of hydrogen-bond donors (Lipinski definition) is 1. The zero-order valence-electron chi connectivity index (χ0n) is 4.57. The van der Waals surface area contributed by atoms with Crippen molar-refractivity contribution in [2.24, 2.45) is 11.7 Å². The Bertz CT molecular complexity index is 23.7. The highest BCUT2D eigenvalue weighted by molar-refractivity contribution is 4.45. The molecule has 0 saturated heterocycles. The number of hydrogen-bond acceptors (Lipinski definition) is 1. The van der Waals surface area contributed by atoms with Crippen molar-refractivity contribution in [3.63, 3.8) is 0 Å². The Morgan fingerprint density at radius 2 is 1.56 bits per heavy atom. The molecule has 0 saturated carbocycles. The molecular weight excluding hydrogens is 110 g/mol. The van der Waals surface area contributed by atoms with Crippen LogP contribution >= 0.6 is 0 Å². The molecule has 0 amide bonds. The second-order valence-electron chi connectivity index (χ2n) is 1.75. The fraction of sp³-hybridized carbons (Fsp3) is 1.00. The Morgan fingerprint density at radius 1 is 1.22 bits per heavy atom. The molecule has 0 aromatic carbocycles. The SMILES string of the molecule is C.C.C.CCC(C)CN. The third kappa shape index (κ3) is 18.0. The molecule has 0 aliphatic carbocycles. The van der Waals surface area contributed by atoms with Gasteiger partial charge in [0, 0.05) is 0 Å². The van der Waals surface area contributed by atoms with E-state index in [1.54, 1.807) is 0 Å². The Hall–Kier alpha value is -0.0400. The van der Waals surface area contributed by atoms with Crippen LogP contribution in [0.2, 0.25) is 0 Å². The average Bonchev–Trinajstić information content (AvgIpc) is 1.65. The van der Waals surface area contributed by atoms with E-state index in [1.165, 1.54) is 6.42 Å². The van der Waals surface area contributed by atoms with Gasteiger partial charge >= 0.3 is 0 Å². The van der Waals surface area contributed by atoms with Crippen molar-refractivity contribution in [1.29, 1.82) is 0 Å². The molecule has 0 bridgehead atoms. The topological polar surface area (TPSA) is 26.0 Å². The second kappa shape index (κ2) is 15.7. The van der Waals surface area contributed by atoms with Gasteiger partial charge in [0.2, 0.25) is 0 Å². The molecule has 0 heterocycles. The van der Waals surface area contributed by atoms with Crippen LogP contribution in [-0.2, 0) is 0 Å². The van der Waals surface area contributed by atoms with Crippen molar-refractivity contribution in [2.45, 2.75) is 42.5 Å². The standard InChI is InChI=1S/C5H13N.3CH4/c1-3-5(2)4-6;;;/h5H,3-4,6H2,1-2H3;3*1H4. The van der Waals surface area contributed by atoms with Gasteiger partial charge in [-0.25, -0.2) is 0 Å². The van der Waals surface area contributed by atoms with E-state index in [9.17, 15) is 0 Å². The summed E-state index contributed by atoms with van der Waals surface area (Å²) in [5, 5.41) is 0. The fourth-order valence-electron chi connectivity index (χ4n) is 0.167. The van der Waals surface area contributed by atoms with Gasteiger partial charge in [-0.05, 0) is 12.5 Å². The molecule has 1 heteroatoms. The summed E-state index contributed by atoms with van der Waals surface area (Å²) in [6.07, 6.45) is 1.20. The van der Waals surface area contributed by atoms with Crippen LogP contribution in [0.4, 0.5) is 0 Å². The predicted octanol–water partition coefficient (Wildman–Crippen LogP) is 2.90. The van der Waals surface area contributed by atoms with Crippen LogP contribution in [0, 0.1) is 5.92 Å². The predicted molar refractivity (Wildman–Crippen MR) is 48.7 cm³/mol. The van der Waals surface area contributed by atoms with Crippen LogP contribution < -0.4 is 5.73 Å². The van der Waals surface area contributed by atoms with Gasteiger partial charge < -0.3 is 5.73 Å². The molecule has 0 spiro atoms. The first kappa shape index (κ1) is 23.1. The lowest BCUT2D eigenvalue weighted by Gasteiger charge is -1.98. The van der Waals surface area contributed by atoms with E-state index < -0.39 is 0 Å². The largest absolute Gasteiger partial charge is 0.330 e. The zero-order chi connectivity index (χ0) is 4.99. The fourth-order valence-corrected chi connectivity index (χ4v) is 0.167. The third-order valence-corrected chi connectivity index (χ3v) is 1.10. The molecule has 1 nitrogen and oxygen atoms in total. The molecule has 62 valence electrons. The smallest absolute Gasteiger partial charge is 0.00516 e. The first-order valence-electron chi connectivity index (χ1n) is 2.51. The van der Waals surface area contributed by atoms with Crippen LogP contribution in [-0.4, -0.2) is 6.54 Å². The second-order valence-corrected chi connectivity index (χ2v) is 1.75. The molecule has 0 rings (SSSR count). The molecule has 0 fully saturated rings. The van der Waals surface area contributed by atoms with E-state index in [0.29, 0.717) is 5.92 Å². The first-order valence-corrected chi connectivity index (χ1v) is 2.51. The van der Waals surface area contributed by atoms with Crippen LogP contribution in [0.1, 0.15) is 42.5 Å². The van der Waals surface area contributed by atoms with Gasteiger partial charge in [0.05, 0.1) is 0 Å². The minimum Gasteiger partial charge on any atom is -0.330 e. The van der Waals surface area contributed by atoms with E-state index in [-0.39, 0.29) is 22.3 Å². The van der Waals surface area contributed by atoms with Gasteiger partial charge in [0.15, 0.2) is 0 Å². The quantitative estimate of drug-likeness (QED) is 0.619. The molecule has 0 aromatic rings.